The normalized spacial score (nSPS) is 16.6. The molecule has 0 amide bonds. The van der Waals surface area contributed by atoms with Crippen LogP contribution in [0.5, 0.6) is 5.75 Å². The van der Waals surface area contributed by atoms with Gasteiger partial charge in [-0.1, -0.05) is 23.7 Å². The van der Waals surface area contributed by atoms with Gasteiger partial charge in [0.05, 0.1) is 7.11 Å². The highest BCUT2D eigenvalue weighted by Gasteiger charge is 2.31. The van der Waals surface area contributed by atoms with Crippen molar-refractivity contribution < 1.29 is 17.5 Å². The fraction of sp³-hybridized carbons (Fsp3) is 0.333. The Balaban J connectivity index is 1.69. The van der Waals surface area contributed by atoms with Gasteiger partial charge >= 0.3 is 0 Å². The molecule has 26 heavy (non-hydrogen) atoms. The molecule has 140 valence electrons. The van der Waals surface area contributed by atoms with Gasteiger partial charge in [0, 0.05) is 37.7 Å². The zero-order valence-electron chi connectivity index (χ0n) is 14.4. The molecule has 0 unspecified atom stereocenters. The van der Waals surface area contributed by atoms with Crippen LogP contribution in [0.4, 0.5) is 4.39 Å². The summed E-state index contributed by atoms with van der Waals surface area (Å²) >= 11 is 5.97. The van der Waals surface area contributed by atoms with Gasteiger partial charge in [-0.3, -0.25) is 4.90 Å². The Morgan fingerprint density at radius 3 is 2.35 bits per heavy atom. The van der Waals surface area contributed by atoms with E-state index in [1.165, 1.54) is 29.6 Å². The molecule has 1 aliphatic rings. The van der Waals surface area contributed by atoms with Gasteiger partial charge in [0.2, 0.25) is 10.0 Å². The van der Waals surface area contributed by atoms with Crippen LogP contribution < -0.4 is 4.74 Å². The molecule has 8 heteroatoms. The SMILES string of the molecule is COc1ccc(Cl)cc1S(=O)(=O)N1CCN(Cc2ccc(F)cc2)CC1. The largest absolute Gasteiger partial charge is 0.495 e. The molecule has 0 aromatic heterocycles. The maximum atomic E-state index is 13.0. The molecule has 0 aliphatic carbocycles. The lowest BCUT2D eigenvalue weighted by atomic mass is 10.2. The number of hydrogen-bond acceptors (Lipinski definition) is 4. The third-order valence-electron chi connectivity index (χ3n) is 4.39. The van der Waals surface area contributed by atoms with E-state index in [9.17, 15) is 12.8 Å². The summed E-state index contributed by atoms with van der Waals surface area (Å²) in [6.07, 6.45) is 0. The quantitative estimate of drug-likeness (QED) is 0.777. The molecule has 2 aromatic carbocycles. The Morgan fingerprint density at radius 2 is 1.73 bits per heavy atom. The Bertz CT molecular complexity index is 867. The van der Waals surface area contributed by atoms with E-state index < -0.39 is 10.0 Å². The molecular weight excluding hydrogens is 379 g/mol. The number of sulfonamides is 1. The third kappa shape index (κ3) is 4.17. The Kier molecular flexibility index (Phi) is 5.82. The van der Waals surface area contributed by atoms with Crippen molar-refractivity contribution in [3.05, 3.63) is 58.9 Å². The second kappa shape index (κ2) is 7.92. The summed E-state index contributed by atoms with van der Waals surface area (Å²) in [5, 5.41) is 0.347. The lowest BCUT2D eigenvalue weighted by Gasteiger charge is -2.34. The van der Waals surface area contributed by atoms with Crippen LogP contribution in [0.3, 0.4) is 0 Å². The van der Waals surface area contributed by atoms with Gasteiger partial charge in [-0.05, 0) is 35.9 Å². The highest BCUT2D eigenvalue weighted by Crippen LogP contribution is 2.30. The van der Waals surface area contributed by atoms with Gasteiger partial charge in [-0.25, -0.2) is 12.8 Å². The van der Waals surface area contributed by atoms with E-state index in [1.54, 1.807) is 24.3 Å². The minimum atomic E-state index is -3.68. The van der Waals surface area contributed by atoms with E-state index in [0.717, 1.165) is 5.56 Å². The molecular formula is C18H20ClFN2O3S. The second-order valence-corrected chi connectivity index (χ2v) is 8.44. The van der Waals surface area contributed by atoms with Gasteiger partial charge in [0.15, 0.2) is 0 Å². The fourth-order valence-corrected chi connectivity index (χ4v) is 4.81. The van der Waals surface area contributed by atoms with E-state index in [2.05, 4.69) is 4.90 Å². The molecule has 0 radical (unpaired) electrons. The van der Waals surface area contributed by atoms with Crippen molar-refractivity contribution in [2.45, 2.75) is 11.4 Å². The first-order valence-electron chi connectivity index (χ1n) is 8.20. The molecule has 3 rings (SSSR count). The molecule has 0 atom stereocenters. The van der Waals surface area contributed by atoms with Gasteiger partial charge < -0.3 is 4.74 Å². The zero-order valence-corrected chi connectivity index (χ0v) is 15.9. The van der Waals surface area contributed by atoms with Crippen LogP contribution in [0.15, 0.2) is 47.4 Å². The van der Waals surface area contributed by atoms with Crippen LogP contribution in [0, 0.1) is 5.82 Å². The number of hydrogen-bond donors (Lipinski definition) is 0. The predicted molar refractivity (Wildman–Crippen MR) is 98.4 cm³/mol. The number of ether oxygens (including phenoxy) is 1. The van der Waals surface area contributed by atoms with E-state index in [4.69, 9.17) is 16.3 Å². The first-order chi connectivity index (χ1) is 12.4. The molecule has 0 saturated carbocycles. The van der Waals surface area contributed by atoms with Gasteiger partial charge in [-0.15, -0.1) is 0 Å². The Morgan fingerprint density at radius 1 is 1.08 bits per heavy atom. The second-order valence-electron chi connectivity index (χ2n) is 6.10. The highest BCUT2D eigenvalue weighted by atomic mass is 35.5. The molecule has 1 heterocycles. The van der Waals surface area contributed by atoms with Crippen molar-refractivity contribution in [3.8, 4) is 5.75 Å². The average molecular weight is 399 g/mol. The van der Waals surface area contributed by atoms with Gasteiger partial charge in [0.25, 0.3) is 0 Å². The molecule has 0 bridgehead atoms. The van der Waals surface area contributed by atoms with E-state index in [0.29, 0.717) is 37.7 Å². The van der Waals surface area contributed by atoms with E-state index in [1.807, 2.05) is 0 Å². The van der Waals surface area contributed by atoms with Crippen molar-refractivity contribution in [2.75, 3.05) is 33.3 Å². The lowest BCUT2D eigenvalue weighted by molar-refractivity contribution is 0.181. The van der Waals surface area contributed by atoms with Crippen molar-refractivity contribution in [2.24, 2.45) is 0 Å². The van der Waals surface area contributed by atoms with Crippen LogP contribution >= 0.6 is 11.6 Å². The highest BCUT2D eigenvalue weighted by molar-refractivity contribution is 7.89. The van der Waals surface area contributed by atoms with Crippen molar-refractivity contribution >= 4 is 21.6 Å². The van der Waals surface area contributed by atoms with Gasteiger partial charge in [-0.2, -0.15) is 4.31 Å². The first kappa shape index (κ1) is 19.1. The predicted octanol–water partition coefficient (Wildman–Crippen LogP) is 2.99. The number of nitrogens with zero attached hydrogens (tertiary/aromatic N) is 2. The Hall–Kier alpha value is -1.67. The smallest absolute Gasteiger partial charge is 0.246 e. The number of piperazine rings is 1. The summed E-state index contributed by atoms with van der Waals surface area (Å²) in [6, 6.07) is 10.9. The molecule has 5 nitrogen and oxygen atoms in total. The summed E-state index contributed by atoms with van der Waals surface area (Å²) in [5.41, 5.74) is 0.999. The fourth-order valence-electron chi connectivity index (χ4n) is 2.97. The number of benzene rings is 2. The van der Waals surface area contributed by atoms with E-state index in [-0.39, 0.29) is 16.5 Å². The van der Waals surface area contributed by atoms with Crippen LogP contribution in [-0.2, 0) is 16.6 Å². The zero-order chi connectivity index (χ0) is 18.7. The summed E-state index contributed by atoms with van der Waals surface area (Å²) in [6.45, 7) is 2.60. The molecule has 0 N–H and O–H groups in total. The lowest BCUT2D eigenvalue weighted by Crippen LogP contribution is -2.48. The Labute approximate surface area is 158 Å². The van der Waals surface area contributed by atoms with Crippen LogP contribution in [0.2, 0.25) is 5.02 Å². The summed E-state index contributed by atoms with van der Waals surface area (Å²) < 4.78 is 45.5. The van der Waals surface area contributed by atoms with Crippen LogP contribution in [0.25, 0.3) is 0 Å². The average Bonchev–Trinajstić information content (AvgIpc) is 2.64. The third-order valence-corrected chi connectivity index (χ3v) is 6.55. The number of rotatable bonds is 5. The molecule has 1 fully saturated rings. The van der Waals surface area contributed by atoms with Crippen molar-refractivity contribution in [1.82, 2.24) is 9.21 Å². The topological polar surface area (TPSA) is 49.9 Å². The maximum Gasteiger partial charge on any atom is 0.246 e. The van der Waals surface area contributed by atoms with Crippen molar-refractivity contribution in [3.63, 3.8) is 0 Å². The molecule has 2 aromatic rings. The minimum absolute atomic E-state index is 0.0829. The standard InChI is InChI=1S/C18H20ClFN2O3S/c1-25-17-7-4-15(19)12-18(17)26(23,24)22-10-8-21(9-11-22)13-14-2-5-16(20)6-3-14/h2-7,12H,8-11,13H2,1H3. The first-order valence-corrected chi connectivity index (χ1v) is 10.0. The summed E-state index contributed by atoms with van der Waals surface area (Å²) in [7, 11) is -2.25. The summed E-state index contributed by atoms with van der Waals surface area (Å²) in [5.74, 6) is 0.0169. The number of halogens is 2. The molecule has 1 saturated heterocycles. The van der Waals surface area contributed by atoms with Crippen LogP contribution in [-0.4, -0.2) is 50.9 Å². The van der Waals surface area contributed by atoms with Gasteiger partial charge in [0.1, 0.15) is 16.5 Å². The minimum Gasteiger partial charge on any atom is -0.495 e. The number of methoxy groups -OCH3 is 1. The molecule has 0 spiro atoms. The maximum absolute atomic E-state index is 13.0. The van der Waals surface area contributed by atoms with E-state index >= 15 is 0 Å². The summed E-state index contributed by atoms with van der Waals surface area (Å²) in [4.78, 5) is 2.23. The monoisotopic (exact) mass is 398 g/mol. The van der Waals surface area contributed by atoms with Crippen LogP contribution in [0.1, 0.15) is 5.56 Å². The van der Waals surface area contributed by atoms with Crippen molar-refractivity contribution in [1.29, 1.82) is 0 Å². The molecule has 1 aliphatic heterocycles.